The van der Waals surface area contributed by atoms with Gasteiger partial charge in [-0.25, -0.2) is 14.5 Å². The minimum absolute atomic E-state index is 0.147. The number of hydrogen-bond acceptors (Lipinski definition) is 6. The van der Waals surface area contributed by atoms with E-state index in [-0.39, 0.29) is 18.4 Å². The van der Waals surface area contributed by atoms with Gasteiger partial charge in [-0.05, 0) is 31.2 Å². The fourth-order valence-corrected chi connectivity index (χ4v) is 2.67. The Morgan fingerprint density at radius 3 is 3.00 bits per heavy atom. The van der Waals surface area contributed by atoms with Gasteiger partial charge in [0.25, 0.3) is 0 Å². The van der Waals surface area contributed by atoms with Crippen LogP contribution in [0, 0.1) is 0 Å². The van der Waals surface area contributed by atoms with Crippen LogP contribution in [0.2, 0.25) is 0 Å². The van der Waals surface area contributed by atoms with Crippen LogP contribution in [-0.2, 0) is 11.3 Å². The number of nitrogens with one attached hydrogen (secondary N) is 1. The first-order valence-electron chi connectivity index (χ1n) is 8.43. The summed E-state index contributed by atoms with van der Waals surface area (Å²) < 4.78 is 8.87. The number of amides is 1. The first kappa shape index (κ1) is 16.7. The van der Waals surface area contributed by atoms with Crippen molar-refractivity contribution >= 4 is 17.5 Å². The lowest BCUT2D eigenvalue weighted by molar-refractivity contribution is -0.116. The van der Waals surface area contributed by atoms with Gasteiger partial charge in [-0.3, -0.25) is 10.1 Å². The molecular formula is C18H17N7O2. The van der Waals surface area contributed by atoms with E-state index in [1.807, 2.05) is 37.4 Å². The predicted octanol–water partition coefficient (Wildman–Crippen LogP) is 2.03. The van der Waals surface area contributed by atoms with Gasteiger partial charge < -0.3 is 9.30 Å². The molecule has 0 aliphatic rings. The topological polar surface area (TPSA) is 99.2 Å². The molecule has 0 aliphatic carbocycles. The van der Waals surface area contributed by atoms with Crippen LogP contribution < -0.4 is 10.1 Å². The maximum Gasteiger partial charge on any atom is 0.249 e. The SMILES string of the molecule is CCOc1ncccc1-c1ccc2nc(NC(=O)Cn3ccnc3)nn2c1. The molecule has 1 N–H and O–H groups in total. The van der Waals surface area contributed by atoms with Gasteiger partial charge in [-0.2, -0.15) is 4.98 Å². The van der Waals surface area contributed by atoms with E-state index in [2.05, 4.69) is 25.4 Å². The number of fused-ring (bicyclic) bond motifs is 1. The molecule has 0 unspecified atom stereocenters. The van der Waals surface area contributed by atoms with Crippen LogP contribution in [0.15, 0.2) is 55.4 Å². The predicted molar refractivity (Wildman–Crippen MR) is 98.2 cm³/mol. The molecule has 4 aromatic rings. The van der Waals surface area contributed by atoms with E-state index < -0.39 is 0 Å². The van der Waals surface area contributed by atoms with Crippen molar-refractivity contribution in [1.82, 2.24) is 29.1 Å². The van der Waals surface area contributed by atoms with E-state index >= 15 is 0 Å². The number of pyridine rings is 2. The van der Waals surface area contributed by atoms with Gasteiger partial charge >= 0.3 is 0 Å². The summed E-state index contributed by atoms with van der Waals surface area (Å²) in [5.74, 6) is 0.580. The third kappa shape index (κ3) is 3.61. The van der Waals surface area contributed by atoms with Crippen molar-refractivity contribution in [2.24, 2.45) is 0 Å². The molecule has 1 amide bonds. The summed E-state index contributed by atoms with van der Waals surface area (Å²) in [5.41, 5.74) is 2.38. The van der Waals surface area contributed by atoms with E-state index in [9.17, 15) is 4.79 Å². The van der Waals surface area contributed by atoms with Crippen molar-refractivity contribution < 1.29 is 9.53 Å². The molecule has 0 aliphatic heterocycles. The van der Waals surface area contributed by atoms with Gasteiger partial charge in [0, 0.05) is 35.9 Å². The van der Waals surface area contributed by atoms with Gasteiger partial charge in [0.15, 0.2) is 5.65 Å². The molecule has 136 valence electrons. The molecule has 0 fully saturated rings. The highest BCUT2D eigenvalue weighted by Gasteiger charge is 2.11. The molecule has 0 saturated heterocycles. The molecule has 9 heteroatoms. The second-order valence-corrected chi connectivity index (χ2v) is 5.73. The summed E-state index contributed by atoms with van der Waals surface area (Å²) in [6, 6.07) is 7.53. The normalized spacial score (nSPS) is 10.9. The summed E-state index contributed by atoms with van der Waals surface area (Å²) in [5, 5.41) is 7.02. The van der Waals surface area contributed by atoms with Crippen LogP contribution in [0.25, 0.3) is 16.8 Å². The third-order valence-electron chi connectivity index (χ3n) is 3.83. The van der Waals surface area contributed by atoms with Crippen molar-refractivity contribution in [3.05, 3.63) is 55.4 Å². The first-order chi connectivity index (χ1) is 13.2. The molecule has 0 bridgehead atoms. The molecule has 4 heterocycles. The fourth-order valence-electron chi connectivity index (χ4n) is 2.67. The Morgan fingerprint density at radius 1 is 1.26 bits per heavy atom. The highest BCUT2D eigenvalue weighted by Crippen LogP contribution is 2.27. The van der Waals surface area contributed by atoms with Gasteiger partial charge in [-0.15, -0.1) is 5.10 Å². The molecular weight excluding hydrogens is 346 g/mol. The number of carbonyl (C=O) groups is 1. The van der Waals surface area contributed by atoms with Crippen molar-refractivity contribution in [2.75, 3.05) is 11.9 Å². The van der Waals surface area contributed by atoms with Crippen LogP contribution in [0.1, 0.15) is 6.92 Å². The smallest absolute Gasteiger partial charge is 0.249 e. The number of imidazole rings is 1. The molecule has 27 heavy (non-hydrogen) atoms. The Balaban J connectivity index is 1.58. The molecule has 0 atom stereocenters. The van der Waals surface area contributed by atoms with Crippen LogP contribution in [0.3, 0.4) is 0 Å². The zero-order valence-electron chi connectivity index (χ0n) is 14.6. The maximum atomic E-state index is 12.1. The summed E-state index contributed by atoms with van der Waals surface area (Å²) in [4.78, 5) is 24.6. The summed E-state index contributed by atoms with van der Waals surface area (Å²) in [6.07, 6.45) is 8.43. The monoisotopic (exact) mass is 363 g/mol. The number of carbonyl (C=O) groups excluding carboxylic acids is 1. The molecule has 0 saturated carbocycles. The highest BCUT2D eigenvalue weighted by molar-refractivity contribution is 5.89. The zero-order chi connectivity index (χ0) is 18.6. The lowest BCUT2D eigenvalue weighted by Crippen LogP contribution is -2.18. The number of hydrogen-bond donors (Lipinski definition) is 1. The Morgan fingerprint density at radius 2 is 2.19 bits per heavy atom. The number of aromatic nitrogens is 6. The van der Waals surface area contributed by atoms with E-state index in [0.717, 1.165) is 11.1 Å². The van der Waals surface area contributed by atoms with E-state index in [4.69, 9.17) is 4.74 Å². The highest BCUT2D eigenvalue weighted by atomic mass is 16.5. The second-order valence-electron chi connectivity index (χ2n) is 5.73. The average Bonchev–Trinajstić information content (AvgIpc) is 3.30. The van der Waals surface area contributed by atoms with Crippen LogP contribution in [0.4, 0.5) is 5.95 Å². The van der Waals surface area contributed by atoms with Gasteiger partial charge in [0.05, 0.1) is 12.9 Å². The first-order valence-corrected chi connectivity index (χ1v) is 8.43. The molecule has 9 nitrogen and oxygen atoms in total. The molecule has 4 rings (SSSR count). The van der Waals surface area contributed by atoms with Gasteiger partial charge in [-0.1, -0.05) is 0 Å². The number of rotatable bonds is 6. The van der Waals surface area contributed by atoms with E-state index in [1.54, 1.807) is 34.0 Å². The lowest BCUT2D eigenvalue weighted by Gasteiger charge is -2.08. The van der Waals surface area contributed by atoms with Crippen molar-refractivity contribution in [2.45, 2.75) is 13.5 Å². The van der Waals surface area contributed by atoms with Crippen molar-refractivity contribution in [3.63, 3.8) is 0 Å². The Kier molecular flexibility index (Phi) is 4.48. The van der Waals surface area contributed by atoms with Gasteiger partial charge in [0.1, 0.15) is 6.54 Å². The minimum atomic E-state index is -0.227. The van der Waals surface area contributed by atoms with Crippen LogP contribution in [-0.4, -0.2) is 41.6 Å². The number of ether oxygens (including phenoxy) is 1. The van der Waals surface area contributed by atoms with Crippen LogP contribution in [0.5, 0.6) is 5.88 Å². The Bertz CT molecular complexity index is 1070. The summed E-state index contributed by atoms with van der Waals surface area (Å²) in [6.45, 7) is 2.59. The molecule has 0 aromatic carbocycles. The minimum Gasteiger partial charge on any atom is -0.478 e. The van der Waals surface area contributed by atoms with Crippen LogP contribution >= 0.6 is 0 Å². The second kappa shape index (κ2) is 7.24. The van der Waals surface area contributed by atoms with Crippen molar-refractivity contribution in [1.29, 1.82) is 0 Å². The largest absolute Gasteiger partial charge is 0.478 e. The maximum absolute atomic E-state index is 12.1. The van der Waals surface area contributed by atoms with Gasteiger partial charge in [0.2, 0.25) is 17.7 Å². The third-order valence-corrected chi connectivity index (χ3v) is 3.83. The summed E-state index contributed by atoms with van der Waals surface area (Å²) >= 11 is 0. The van der Waals surface area contributed by atoms with E-state index in [1.165, 1.54) is 0 Å². The Hall–Kier alpha value is -3.75. The molecule has 0 radical (unpaired) electrons. The Labute approximate surface area is 154 Å². The molecule has 0 spiro atoms. The summed E-state index contributed by atoms with van der Waals surface area (Å²) in [7, 11) is 0. The number of anilines is 1. The number of nitrogens with zero attached hydrogens (tertiary/aromatic N) is 6. The fraction of sp³-hybridized carbons (Fsp3) is 0.167. The quantitative estimate of drug-likeness (QED) is 0.563. The molecule has 4 aromatic heterocycles. The standard InChI is InChI=1S/C18H17N7O2/c1-2-27-17-14(4-3-7-20-17)13-5-6-15-21-18(23-25(15)10-13)22-16(26)11-24-9-8-19-12-24/h3-10,12H,2,11H2,1H3,(H,22,23,26). The van der Waals surface area contributed by atoms with Crippen molar-refractivity contribution in [3.8, 4) is 17.0 Å². The average molecular weight is 363 g/mol. The lowest BCUT2D eigenvalue weighted by atomic mass is 10.1. The van der Waals surface area contributed by atoms with E-state index in [0.29, 0.717) is 18.1 Å². The zero-order valence-corrected chi connectivity index (χ0v) is 14.6.